The molecule has 1 heterocycles. The smallest absolute Gasteiger partial charge is 0.240 e. The number of nitrogens with zero attached hydrogens (tertiary/aromatic N) is 3. The zero-order chi connectivity index (χ0) is 18.3. The molecule has 0 saturated carbocycles. The van der Waals surface area contributed by atoms with E-state index in [0.29, 0.717) is 24.2 Å². The Morgan fingerprint density at radius 2 is 2.04 bits per heavy atom. The maximum atomic E-state index is 12.1. The van der Waals surface area contributed by atoms with Gasteiger partial charge in [-0.1, -0.05) is 19.0 Å². The molecule has 1 rings (SSSR count). The number of nitrogens with one attached hydrogen (secondary N) is 2. The minimum Gasteiger partial charge on any atom is -0.359 e. The number of likely N-dealkylation sites (N-methyl/N-ethyl adjacent to an activating group) is 1. The Kier molecular flexibility index (Phi) is 10.1. The number of carbonyl (C=O) groups excluding carboxylic acids is 1. The highest BCUT2D eigenvalue weighted by Crippen LogP contribution is 2.14. The fourth-order valence-corrected chi connectivity index (χ4v) is 2.05. The normalized spacial score (nSPS) is 11.9. The van der Waals surface area contributed by atoms with Gasteiger partial charge in [0.1, 0.15) is 6.54 Å². The summed E-state index contributed by atoms with van der Waals surface area (Å²) in [5.41, 5.74) is 0.670. The highest BCUT2D eigenvalue weighted by molar-refractivity contribution is 14.0. The number of amides is 1. The summed E-state index contributed by atoms with van der Waals surface area (Å²) in [4.78, 5) is 18.4. The van der Waals surface area contributed by atoms with E-state index in [1.165, 1.54) is 0 Å². The lowest BCUT2D eigenvalue weighted by atomic mass is 10.1. The van der Waals surface area contributed by atoms with Crippen LogP contribution in [0.5, 0.6) is 0 Å². The lowest BCUT2D eigenvalue weighted by molar-refractivity contribution is -0.122. The Balaban J connectivity index is 0.00000576. The van der Waals surface area contributed by atoms with Crippen LogP contribution in [0.4, 0.5) is 0 Å². The van der Waals surface area contributed by atoms with Gasteiger partial charge in [0, 0.05) is 25.2 Å². The number of rotatable bonds is 6. The molecule has 0 aromatic carbocycles. The molecule has 1 aromatic heterocycles. The predicted molar refractivity (Wildman–Crippen MR) is 111 cm³/mol. The van der Waals surface area contributed by atoms with Gasteiger partial charge in [0.15, 0.2) is 11.7 Å². The van der Waals surface area contributed by atoms with E-state index >= 15 is 0 Å². The molecule has 0 bridgehead atoms. The van der Waals surface area contributed by atoms with Crippen LogP contribution in [0.2, 0.25) is 0 Å². The summed E-state index contributed by atoms with van der Waals surface area (Å²) in [6, 6.07) is 1.92. The molecule has 0 unspecified atom stereocenters. The van der Waals surface area contributed by atoms with Crippen LogP contribution in [0.1, 0.15) is 58.9 Å². The van der Waals surface area contributed by atoms with E-state index in [2.05, 4.69) is 34.6 Å². The number of aliphatic imine (C=N–C) groups is 1. The second kappa shape index (κ2) is 10.6. The lowest BCUT2D eigenvalue weighted by Gasteiger charge is -2.25. The van der Waals surface area contributed by atoms with Crippen LogP contribution >= 0.6 is 24.0 Å². The second-order valence-corrected chi connectivity index (χ2v) is 7.20. The fraction of sp³-hybridized carbons (Fsp3) is 0.706. The molecule has 2 N–H and O–H groups in total. The molecule has 0 saturated heterocycles. The van der Waals surface area contributed by atoms with Gasteiger partial charge in [0.2, 0.25) is 5.91 Å². The molecule has 1 amide bonds. The molecule has 0 radical (unpaired) electrons. The van der Waals surface area contributed by atoms with Crippen LogP contribution < -0.4 is 10.6 Å². The van der Waals surface area contributed by atoms with Gasteiger partial charge < -0.3 is 20.1 Å². The summed E-state index contributed by atoms with van der Waals surface area (Å²) in [5.74, 6) is 1.64. The zero-order valence-electron chi connectivity index (χ0n) is 16.3. The molecule has 8 heteroatoms. The Hall–Kier alpha value is -1.32. The minimum atomic E-state index is -0.250. The molecular formula is C17H32IN5O2. The van der Waals surface area contributed by atoms with Crippen molar-refractivity contribution in [3.8, 4) is 0 Å². The first kappa shape index (κ1) is 23.7. The number of halogens is 1. The van der Waals surface area contributed by atoms with Crippen molar-refractivity contribution in [2.75, 3.05) is 20.1 Å². The van der Waals surface area contributed by atoms with Gasteiger partial charge in [-0.3, -0.25) is 4.79 Å². The minimum absolute atomic E-state index is 0. The highest BCUT2D eigenvalue weighted by atomic mass is 127. The molecule has 0 aliphatic heterocycles. The summed E-state index contributed by atoms with van der Waals surface area (Å²) in [6.45, 7) is 13.3. The van der Waals surface area contributed by atoms with Gasteiger partial charge in [-0.15, -0.1) is 24.0 Å². The summed E-state index contributed by atoms with van der Waals surface area (Å²) in [6.07, 6.45) is 0. The summed E-state index contributed by atoms with van der Waals surface area (Å²) in [7, 11) is 1.84. The molecule has 144 valence electrons. The molecule has 0 fully saturated rings. The van der Waals surface area contributed by atoms with E-state index in [0.717, 1.165) is 12.2 Å². The van der Waals surface area contributed by atoms with Crippen molar-refractivity contribution >= 4 is 35.8 Å². The number of hydrogen-bond donors (Lipinski definition) is 2. The Bertz CT molecular complexity index is 564. The average molecular weight is 465 g/mol. The third kappa shape index (κ3) is 9.08. The van der Waals surface area contributed by atoms with Gasteiger partial charge in [-0.2, -0.15) is 0 Å². The maximum absolute atomic E-state index is 12.1. The quantitative estimate of drug-likeness (QED) is 0.384. The van der Waals surface area contributed by atoms with Crippen LogP contribution in [-0.2, 0) is 11.3 Å². The first-order valence-corrected chi connectivity index (χ1v) is 8.38. The molecular weight excluding hydrogens is 433 g/mol. The first-order valence-electron chi connectivity index (χ1n) is 8.38. The van der Waals surface area contributed by atoms with Crippen molar-refractivity contribution in [1.29, 1.82) is 0 Å². The SMILES string of the molecule is CCNC(=NCc1cc(C(C)C)no1)N(C)CC(=O)NC(C)(C)C.I. The topological polar surface area (TPSA) is 82.8 Å². The highest BCUT2D eigenvalue weighted by Gasteiger charge is 2.17. The molecule has 0 aliphatic carbocycles. The average Bonchev–Trinajstić information content (AvgIpc) is 2.90. The number of guanidine groups is 1. The van der Waals surface area contributed by atoms with E-state index in [1.54, 1.807) is 4.90 Å². The van der Waals surface area contributed by atoms with Gasteiger partial charge in [-0.05, 0) is 33.6 Å². The largest absolute Gasteiger partial charge is 0.359 e. The summed E-state index contributed by atoms with van der Waals surface area (Å²) < 4.78 is 5.30. The Labute approximate surface area is 168 Å². The van der Waals surface area contributed by atoms with Gasteiger partial charge in [0.05, 0.1) is 12.2 Å². The van der Waals surface area contributed by atoms with Crippen LogP contribution in [0, 0.1) is 0 Å². The van der Waals surface area contributed by atoms with Crippen LogP contribution in [0.25, 0.3) is 0 Å². The van der Waals surface area contributed by atoms with Crippen molar-refractivity contribution in [3.05, 3.63) is 17.5 Å². The van der Waals surface area contributed by atoms with E-state index in [1.807, 2.05) is 40.8 Å². The summed E-state index contributed by atoms with van der Waals surface area (Å²) in [5, 5.41) is 10.2. The molecule has 1 aromatic rings. The molecule has 25 heavy (non-hydrogen) atoms. The van der Waals surface area contributed by atoms with Crippen LogP contribution in [0.3, 0.4) is 0 Å². The number of carbonyl (C=O) groups is 1. The van der Waals surface area contributed by atoms with E-state index in [-0.39, 0.29) is 42.0 Å². The first-order chi connectivity index (χ1) is 11.1. The molecule has 7 nitrogen and oxygen atoms in total. The van der Waals surface area contributed by atoms with Gasteiger partial charge in [-0.25, -0.2) is 4.99 Å². The lowest BCUT2D eigenvalue weighted by Crippen LogP contribution is -2.48. The maximum Gasteiger partial charge on any atom is 0.240 e. The van der Waals surface area contributed by atoms with Gasteiger partial charge >= 0.3 is 0 Å². The van der Waals surface area contributed by atoms with E-state index in [4.69, 9.17) is 4.52 Å². The van der Waals surface area contributed by atoms with Crippen LogP contribution in [0.15, 0.2) is 15.6 Å². The Morgan fingerprint density at radius 1 is 1.40 bits per heavy atom. The van der Waals surface area contributed by atoms with Crippen molar-refractivity contribution < 1.29 is 9.32 Å². The standard InChI is InChI=1S/C17H31N5O2.HI/c1-8-18-16(22(7)11-15(23)20-17(4,5)6)19-10-13-9-14(12(2)3)21-24-13;/h9,12H,8,10-11H2,1-7H3,(H,18,19)(H,20,23);1H. The Morgan fingerprint density at radius 3 is 2.52 bits per heavy atom. The van der Waals surface area contributed by atoms with E-state index < -0.39 is 0 Å². The monoisotopic (exact) mass is 465 g/mol. The van der Waals surface area contributed by atoms with Crippen LogP contribution in [-0.4, -0.2) is 47.6 Å². The third-order valence-electron chi connectivity index (χ3n) is 3.15. The third-order valence-corrected chi connectivity index (χ3v) is 3.15. The zero-order valence-corrected chi connectivity index (χ0v) is 18.7. The number of aromatic nitrogens is 1. The molecule has 0 aliphatic rings. The second-order valence-electron chi connectivity index (χ2n) is 7.20. The fourth-order valence-electron chi connectivity index (χ4n) is 2.05. The molecule has 0 atom stereocenters. The summed E-state index contributed by atoms with van der Waals surface area (Å²) >= 11 is 0. The van der Waals surface area contributed by atoms with Crippen molar-refractivity contribution in [2.45, 2.75) is 59.5 Å². The number of hydrogen-bond acceptors (Lipinski definition) is 4. The van der Waals surface area contributed by atoms with Crippen molar-refractivity contribution in [3.63, 3.8) is 0 Å². The van der Waals surface area contributed by atoms with E-state index in [9.17, 15) is 4.79 Å². The van der Waals surface area contributed by atoms with Crippen molar-refractivity contribution in [2.24, 2.45) is 4.99 Å². The van der Waals surface area contributed by atoms with Crippen molar-refractivity contribution in [1.82, 2.24) is 20.7 Å². The molecule has 0 spiro atoms. The van der Waals surface area contributed by atoms with Gasteiger partial charge in [0.25, 0.3) is 0 Å². The predicted octanol–water partition coefficient (Wildman–Crippen LogP) is 2.73.